The van der Waals surface area contributed by atoms with Crippen molar-refractivity contribution in [3.63, 3.8) is 0 Å². The Balaban J connectivity index is 2.22. The van der Waals surface area contributed by atoms with Gasteiger partial charge in [0.1, 0.15) is 0 Å². The molecule has 0 aliphatic rings. The molecule has 0 aromatic heterocycles. The van der Waals surface area contributed by atoms with Crippen molar-refractivity contribution in [2.75, 3.05) is 26.0 Å². The van der Waals surface area contributed by atoms with Gasteiger partial charge in [-0.3, -0.25) is 4.79 Å². The number of aliphatic hydroxyl groups is 1. The minimum Gasteiger partial charge on any atom is -0.389 e. The third-order valence-corrected chi connectivity index (χ3v) is 3.30. The fourth-order valence-electron chi connectivity index (χ4n) is 1.32. The molecule has 18 heavy (non-hydrogen) atoms. The Bertz CT molecular complexity index is 367. The third-order valence-electron chi connectivity index (χ3n) is 2.28. The molecule has 1 amide bonds. The van der Waals surface area contributed by atoms with Crippen molar-refractivity contribution in [1.82, 2.24) is 5.32 Å². The molecule has 0 spiro atoms. The summed E-state index contributed by atoms with van der Waals surface area (Å²) in [7, 11) is 1.51. The normalized spacial score (nSPS) is 12.2. The topological polar surface area (TPSA) is 58.6 Å². The lowest BCUT2D eigenvalue weighted by Crippen LogP contribution is -2.35. The van der Waals surface area contributed by atoms with Gasteiger partial charge in [-0.05, 0) is 19.1 Å². The fraction of sp³-hybridized carbons (Fsp3) is 0.462. The number of thioether (sulfide) groups is 1. The summed E-state index contributed by atoms with van der Waals surface area (Å²) in [5.74, 6) is 0.263. The first kappa shape index (κ1) is 15.0. The van der Waals surface area contributed by atoms with Crippen LogP contribution in [-0.4, -0.2) is 43.1 Å². The Hall–Kier alpha value is -1.04. The van der Waals surface area contributed by atoms with Crippen molar-refractivity contribution in [3.05, 3.63) is 29.8 Å². The van der Waals surface area contributed by atoms with Crippen LogP contribution in [0.2, 0.25) is 0 Å². The summed E-state index contributed by atoms with van der Waals surface area (Å²) in [6.07, 6.45) is -0.650. The molecule has 1 aromatic carbocycles. The molecule has 5 heteroatoms. The van der Waals surface area contributed by atoms with Gasteiger partial charge in [-0.15, -0.1) is 11.8 Å². The highest BCUT2D eigenvalue weighted by Crippen LogP contribution is 2.17. The van der Waals surface area contributed by atoms with Crippen molar-refractivity contribution < 1.29 is 14.6 Å². The highest BCUT2D eigenvalue weighted by atomic mass is 32.2. The molecular formula is C13H19NO3S. The van der Waals surface area contributed by atoms with E-state index < -0.39 is 6.10 Å². The number of hydrogen-bond acceptors (Lipinski definition) is 4. The van der Waals surface area contributed by atoms with Gasteiger partial charge in [0.15, 0.2) is 0 Å². The zero-order chi connectivity index (χ0) is 13.4. The number of hydrogen-bond donors (Lipinski definition) is 2. The van der Waals surface area contributed by atoms with E-state index in [0.717, 1.165) is 4.90 Å². The lowest BCUT2D eigenvalue weighted by Gasteiger charge is -2.10. The number of rotatable bonds is 7. The van der Waals surface area contributed by atoms with E-state index >= 15 is 0 Å². The van der Waals surface area contributed by atoms with E-state index in [1.54, 1.807) is 0 Å². The van der Waals surface area contributed by atoms with E-state index in [2.05, 4.69) is 5.32 Å². The fourth-order valence-corrected chi connectivity index (χ4v) is 2.05. The quantitative estimate of drug-likeness (QED) is 0.731. The van der Waals surface area contributed by atoms with E-state index in [1.807, 2.05) is 31.2 Å². The standard InChI is InChI=1S/C13H19NO3S/c1-10-3-5-12(6-4-10)18-9-13(16)14-7-11(15)8-17-2/h3-6,11,15H,7-9H2,1-2H3,(H,14,16). The van der Waals surface area contributed by atoms with Gasteiger partial charge in [-0.25, -0.2) is 0 Å². The Morgan fingerprint density at radius 1 is 1.44 bits per heavy atom. The number of nitrogens with one attached hydrogen (secondary N) is 1. The van der Waals surface area contributed by atoms with Crippen LogP contribution in [0.4, 0.5) is 0 Å². The number of amides is 1. The summed E-state index contributed by atoms with van der Waals surface area (Å²) in [6.45, 7) is 2.48. The van der Waals surface area contributed by atoms with Crippen LogP contribution in [0, 0.1) is 6.92 Å². The number of carbonyl (C=O) groups excluding carboxylic acids is 1. The van der Waals surface area contributed by atoms with E-state index in [-0.39, 0.29) is 19.1 Å². The van der Waals surface area contributed by atoms with Gasteiger partial charge in [-0.2, -0.15) is 0 Å². The lowest BCUT2D eigenvalue weighted by molar-refractivity contribution is -0.119. The molecule has 1 aromatic rings. The second-order valence-electron chi connectivity index (χ2n) is 4.01. The molecule has 0 bridgehead atoms. The molecule has 0 saturated heterocycles. The maximum atomic E-state index is 11.5. The van der Waals surface area contributed by atoms with Gasteiger partial charge in [0.05, 0.1) is 18.5 Å². The number of methoxy groups -OCH3 is 1. The maximum Gasteiger partial charge on any atom is 0.230 e. The zero-order valence-electron chi connectivity index (χ0n) is 10.7. The van der Waals surface area contributed by atoms with Crippen molar-refractivity contribution in [2.45, 2.75) is 17.9 Å². The van der Waals surface area contributed by atoms with Gasteiger partial charge in [0.25, 0.3) is 0 Å². The minimum absolute atomic E-state index is 0.0873. The molecule has 4 nitrogen and oxygen atoms in total. The average molecular weight is 269 g/mol. The number of carbonyl (C=O) groups is 1. The summed E-state index contributed by atoms with van der Waals surface area (Å²) in [6, 6.07) is 8.02. The number of benzene rings is 1. The molecule has 0 saturated carbocycles. The van der Waals surface area contributed by atoms with Gasteiger partial charge in [0.2, 0.25) is 5.91 Å². The smallest absolute Gasteiger partial charge is 0.230 e. The molecule has 0 aliphatic carbocycles. The summed E-state index contributed by atoms with van der Waals surface area (Å²) >= 11 is 1.48. The molecule has 1 rings (SSSR count). The van der Waals surface area contributed by atoms with Crippen LogP contribution in [0.25, 0.3) is 0 Å². The first-order chi connectivity index (χ1) is 8.61. The van der Waals surface area contributed by atoms with Crippen LogP contribution in [0.15, 0.2) is 29.2 Å². The van der Waals surface area contributed by atoms with E-state index in [0.29, 0.717) is 5.75 Å². The zero-order valence-corrected chi connectivity index (χ0v) is 11.5. The molecule has 100 valence electrons. The highest BCUT2D eigenvalue weighted by Gasteiger charge is 2.07. The molecule has 2 N–H and O–H groups in total. The monoisotopic (exact) mass is 269 g/mol. The summed E-state index contributed by atoms with van der Waals surface area (Å²) < 4.78 is 4.77. The van der Waals surface area contributed by atoms with Crippen molar-refractivity contribution in [1.29, 1.82) is 0 Å². The Labute approximate surface area is 112 Å². The SMILES string of the molecule is COCC(O)CNC(=O)CSc1ccc(C)cc1. The number of aryl methyl sites for hydroxylation is 1. The van der Waals surface area contributed by atoms with Crippen LogP contribution in [0.5, 0.6) is 0 Å². The summed E-state index contributed by atoms with van der Waals surface area (Å²) in [5, 5.41) is 12.0. The lowest BCUT2D eigenvalue weighted by atomic mass is 10.2. The number of aliphatic hydroxyl groups excluding tert-OH is 1. The van der Waals surface area contributed by atoms with Gasteiger partial charge < -0.3 is 15.2 Å². The first-order valence-electron chi connectivity index (χ1n) is 5.75. The first-order valence-corrected chi connectivity index (χ1v) is 6.73. The average Bonchev–Trinajstić information content (AvgIpc) is 2.36. The van der Waals surface area contributed by atoms with Crippen LogP contribution in [0.1, 0.15) is 5.56 Å². The molecule has 0 fully saturated rings. The predicted octanol–water partition coefficient (Wildman–Crippen LogP) is 1.21. The molecule has 0 radical (unpaired) electrons. The van der Waals surface area contributed by atoms with Crippen LogP contribution in [0.3, 0.4) is 0 Å². The van der Waals surface area contributed by atoms with Gasteiger partial charge in [0, 0.05) is 18.6 Å². The summed E-state index contributed by atoms with van der Waals surface area (Å²) in [5.41, 5.74) is 1.20. The third kappa shape index (κ3) is 6.05. The highest BCUT2D eigenvalue weighted by molar-refractivity contribution is 8.00. The molecule has 0 heterocycles. The van der Waals surface area contributed by atoms with Crippen LogP contribution < -0.4 is 5.32 Å². The molecular weight excluding hydrogens is 250 g/mol. The van der Waals surface area contributed by atoms with E-state index in [1.165, 1.54) is 24.4 Å². The molecule has 1 unspecified atom stereocenters. The van der Waals surface area contributed by atoms with E-state index in [9.17, 15) is 9.90 Å². The second-order valence-corrected chi connectivity index (χ2v) is 5.06. The van der Waals surface area contributed by atoms with Crippen molar-refractivity contribution >= 4 is 17.7 Å². The van der Waals surface area contributed by atoms with Crippen molar-refractivity contribution in [3.8, 4) is 0 Å². The predicted molar refractivity (Wildman–Crippen MR) is 72.8 cm³/mol. The van der Waals surface area contributed by atoms with Gasteiger partial charge >= 0.3 is 0 Å². The Morgan fingerprint density at radius 2 is 2.11 bits per heavy atom. The van der Waals surface area contributed by atoms with Crippen molar-refractivity contribution in [2.24, 2.45) is 0 Å². The second kappa shape index (κ2) is 8.13. The summed E-state index contributed by atoms with van der Waals surface area (Å²) in [4.78, 5) is 12.6. The Kier molecular flexibility index (Phi) is 6.78. The van der Waals surface area contributed by atoms with E-state index in [4.69, 9.17) is 4.74 Å². The molecule has 0 aliphatic heterocycles. The van der Waals surface area contributed by atoms with Crippen LogP contribution in [-0.2, 0) is 9.53 Å². The number of ether oxygens (including phenoxy) is 1. The largest absolute Gasteiger partial charge is 0.389 e. The minimum atomic E-state index is -0.650. The maximum absolute atomic E-state index is 11.5. The molecule has 1 atom stereocenters. The van der Waals surface area contributed by atoms with Gasteiger partial charge in [-0.1, -0.05) is 17.7 Å². The van der Waals surface area contributed by atoms with Crippen LogP contribution >= 0.6 is 11.8 Å². The Morgan fingerprint density at radius 3 is 2.72 bits per heavy atom.